The molecule has 0 amide bonds. The van der Waals surface area contributed by atoms with Gasteiger partial charge in [0.2, 0.25) is 0 Å². The first-order chi connectivity index (χ1) is 17.3. The zero-order chi connectivity index (χ0) is 23.6. The third-order valence-electron chi connectivity index (χ3n) is 6.57. The Balaban J connectivity index is 1.43. The molecule has 166 valence electrons. The lowest BCUT2D eigenvalue weighted by atomic mass is 10.0. The first-order valence-electron chi connectivity index (χ1n) is 11.9. The molecule has 0 aliphatic rings. The van der Waals surface area contributed by atoms with Crippen LogP contribution in [0.5, 0.6) is 0 Å². The van der Waals surface area contributed by atoms with Gasteiger partial charge in [-0.15, -0.1) is 0 Å². The number of benzene rings is 5. The van der Waals surface area contributed by atoms with Crippen LogP contribution in [-0.4, -0.2) is 4.57 Å². The van der Waals surface area contributed by atoms with Gasteiger partial charge in [0.15, 0.2) is 0 Å². The molecule has 0 unspecified atom stereocenters. The van der Waals surface area contributed by atoms with Gasteiger partial charge in [0.05, 0.1) is 11.0 Å². The van der Waals surface area contributed by atoms with Crippen LogP contribution in [0.15, 0.2) is 140 Å². The average molecular weight is 448 g/mol. The summed E-state index contributed by atoms with van der Waals surface area (Å²) in [4.78, 5) is 0. The van der Waals surface area contributed by atoms with E-state index in [9.17, 15) is 0 Å². The fourth-order valence-corrected chi connectivity index (χ4v) is 4.94. The highest BCUT2D eigenvalue weighted by Crippen LogP contribution is 2.36. The van der Waals surface area contributed by atoms with Crippen molar-refractivity contribution in [2.45, 2.75) is 0 Å². The maximum atomic E-state index is 3.88. The van der Waals surface area contributed by atoms with Crippen LogP contribution in [0.1, 0.15) is 11.1 Å². The van der Waals surface area contributed by atoms with Crippen LogP contribution in [0.3, 0.4) is 0 Å². The second-order valence-electron chi connectivity index (χ2n) is 8.68. The Kier molecular flexibility index (Phi) is 5.37. The van der Waals surface area contributed by atoms with E-state index >= 15 is 0 Å². The lowest BCUT2D eigenvalue weighted by molar-refractivity contribution is 1.18. The summed E-state index contributed by atoms with van der Waals surface area (Å²) < 4.78 is 2.37. The van der Waals surface area contributed by atoms with E-state index in [1.807, 2.05) is 18.2 Å². The van der Waals surface area contributed by atoms with Gasteiger partial charge in [0.25, 0.3) is 0 Å². The van der Waals surface area contributed by atoms with Gasteiger partial charge >= 0.3 is 0 Å². The number of allylic oxidation sites excluding steroid dienone is 4. The van der Waals surface area contributed by atoms with E-state index in [0.717, 1.165) is 16.8 Å². The lowest BCUT2D eigenvalue weighted by Gasteiger charge is -2.09. The Morgan fingerprint density at radius 1 is 0.629 bits per heavy atom. The molecule has 6 aromatic rings. The lowest BCUT2D eigenvalue weighted by Crippen LogP contribution is -1.93. The van der Waals surface area contributed by atoms with Crippen LogP contribution in [0, 0.1) is 0 Å². The molecule has 0 radical (unpaired) electrons. The number of aromatic nitrogens is 1. The summed E-state index contributed by atoms with van der Waals surface area (Å²) in [5, 5.41) is 5.15. The van der Waals surface area contributed by atoms with E-state index in [1.165, 1.54) is 38.1 Å². The smallest absolute Gasteiger partial charge is 0.0547 e. The Labute approximate surface area is 205 Å². The van der Waals surface area contributed by atoms with E-state index in [-0.39, 0.29) is 0 Å². The van der Waals surface area contributed by atoms with Crippen molar-refractivity contribution in [3.63, 3.8) is 0 Å². The highest BCUT2D eigenvalue weighted by Gasteiger charge is 2.14. The largest absolute Gasteiger partial charge is 0.309 e. The summed E-state index contributed by atoms with van der Waals surface area (Å²) >= 11 is 0. The molecule has 0 bridgehead atoms. The minimum absolute atomic E-state index is 1.14. The summed E-state index contributed by atoms with van der Waals surface area (Å²) in [7, 11) is 0. The highest BCUT2D eigenvalue weighted by molar-refractivity contribution is 6.21. The Morgan fingerprint density at radius 3 is 2.14 bits per heavy atom. The molecule has 6 rings (SSSR count). The van der Waals surface area contributed by atoms with E-state index < -0.39 is 0 Å². The Morgan fingerprint density at radius 2 is 1.34 bits per heavy atom. The molecule has 0 saturated carbocycles. The van der Waals surface area contributed by atoms with E-state index in [1.54, 1.807) is 0 Å². The number of hydrogen-bond acceptors (Lipinski definition) is 0. The molecule has 5 aromatic carbocycles. The summed E-state index contributed by atoms with van der Waals surface area (Å²) in [6, 6.07) is 41.0. The number of nitrogens with zero attached hydrogens (tertiary/aromatic N) is 1. The molecular formula is C34H25N. The van der Waals surface area contributed by atoms with Gasteiger partial charge in [-0.05, 0) is 51.7 Å². The average Bonchev–Trinajstić information content (AvgIpc) is 3.27. The van der Waals surface area contributed by atoms with Gasteiger partial charge in [-0.3, -0.25) is 0 Å². The fraction of sp³-hybridized carbons (Fsp3) is 0. The standard InChI is InChI=1S/C34H25N/c1-2-10-26(27-11-4-3-5-12-27)20-17-25-18-22-29(23-19-25)35-32-16-9-8-15-31(32)34-30-14-7-6-13-28(30)21-24-33(34)35/h2-24H,1H2/b20-17-,26-10+. The van der Waals surface area contributed by atoms with E-state index in [4.69, 9.17) is 0 Å². The monoisotopic (exact) mass is 447 g/mol. The van der Waals surface area contributed by atoms with Crippen LogP contribution in [-0.2, 0) is 0 Å². The predicted molar refractivity (Wildman–Crippen MR) is 152 cm³/mol. The van der Waals surface area contributed by atoms with Crippen molar-refractivity contribution in [1.82, 2.24) is 4.57 Å². The topological polar surface area (TPSA) is 4.93 Å². The maximum Gasteiger partial charge on any atom is 0.0547 e. The van der Waals surface area contributed by atoms with Crippen molar-refractivity contribution >= 4 is 44.2 Å². The molecular weight excluding hydrogens is 422 g/mol. The molecule has 0 atom stereocenters. The Bertz CT molecular complexity index is 1730. The molecule has 0 spiro atoms. The van der Waals surface area contributed by atoms with Gasteiger partial charge in [-0.2, -0.15) is 0 Å². The molecule has 0 aliphatic heterocycles. The molecule has 0 aliphatic carbocycles. The predicted octanol–water partition coefficient (Wildman–Crippen LogP) is 9.22. The van der Waals surface area contributed by atoms with Crippen LogP contribution < -0.4 is 0 Å². The molecule has 0 saturated heterocycles. The maximum absolute atomic E-state index is 3.88. The summed E-state index contributed by atoms with van der Waals surface area (Å²) in [6.07, 6.45) is 8.19. The van der Waals surface area contributed by atoms with Crippen molar-refractivity contribution in [3.05, 3.63) is 151 Å². The third kappa shape index (κ3) is 3.78. The number of hydrogen-bond donors (Lipinski definition) is 0. The second-order valence-corrected chi connectivity index (χ2v) is 8.68. The van der Waals surface area contributed by atoms with Gasteiger partial charge in [0, 0.05) is 16.5 Å². The SMILES string of the molecule is C=C/C=C(\C=C/c1ccc(-n2c3ccccc3c3c4ccccc4ccc32)cc1)c1ccccc1. The minimum atomic E-state index is 1.14. The van der Waals surface area contributed by atoms with Crippen LogP contribution in [0.2, 0.25) is 0 Å². The van der Waals surface area contributed by atoms with Crippen LogP contribution in [0.25, 0.3) is 49.9 Å². The van der Waals surface area contributed by atoms with Crippen molar-refractivity contribution in [2.24, 2.45) is 0 Å². The molecule has 1 heteroatoms. The Hall–Kier alpha value is -4.62. The molecule has 1 heterocycles. The molecule has 1 aromatic heterocycles. The summed E-state index contributed by atoms with van der Waals surface area (Å²) in [5.41, 5.74) is 7.09. The summed E-state index contributed by atoms with van der Waals surface area (Å²) in [6.45, 7) is 3.88. The van der Waals surface area contributed by atoms with E-state index in [0.29, 0.717) is 0 Å². The normalized spacial score (nSPS) is 12.2. The quantitative estimate of drug-likeness (QED) is 0.232. The van der Waals surface area contributed by atoms with Gasteiger partial charge in [-0.1, -0.05) is 122 Å². The molecule has 35 heavy (non-hydrogen) atoms. The van der Waals surface area contributed by atoms with Crippen LogP contribution in [0.4, 0.5) is 0 Å². The van der Waals surface area contributed by atoms with Crippen molar-refractivity contribution in [1.29, 1.82) is 0 Å². The number of fused-ring (bicyclic) bond motifs is 5. The van der Waals surface area contributed by atoms with Crippen molar-refractivity contribution in [3.8, 4) is 5.69 Å². The van der Waals surface area contributed by atoms with E-state index in [2.05, 4.69) is 132 Å². The molecule has 1 nitrogen and oxygen atoms in total. The van der Waals surface area contributed by atoms with Crippen LogP contribution >= 0.6 is 0 Å². The zero-order valence-corrected chi connectivity index (χ0v) is 19.4. The first-order valence-corrected chi connectivity index (χ1v) is 11.9. The number of rotatable bonds is 5. The van der Waals surface area contributed by atoms with Gasteiger partial charge in [-0.25, -0.2) is 0 Å². The second kappa shape index (κ2) is 8.96. The minimum Gasteiger partial charge on any atom is -0.309 e. The highest BCUT2D eigenvalue weighted by atomic mass is 15.0. The van der Waals surface area contributed by atoms with Crippen molar-refractivity contribution < 1.29 is 0 Å². The van der Waals surface area contributed by atoms with Crippen molar-refractivity contribution in [2.75, 3.05) is 0 Å². The summed E-state index contributed by atoms with van der Waals surface area (Å²) in [5.74, 6) is 0. The third-order valence-corrected chi connectivity index (χ3v) is 6.57. The first kappa shape index (κ1) is 20.9. The fourth-order valence-electron chi connectivity index (χ4n) is 4.94. The van der Waals surface area contributed by atoms with Gasteiger partial charge in [0.1, 0.15) is 0 Å². The number of para-hydroxylation sites is 1. The molecule has 0 fully saturated rings. The molecule has 0 N–H and O–H groups in total. The zero-order valence-electron chi connectivity index (χ0n) is 19.4. The van der Waals surface area contributed by atoms with Gasteiger partial charge < -0.3 is 4.57 Å².